The third-order valence-corrected chi connectivity index (χ3v) is 11.3. The van der Waals surface area contributed by atoms with Gasteiger partial charge in [0.25, 0.3) is 0 Å². The molecule has 0 bridgehead atoms. The number of carboxylic acids is 2. The molecule has 3 saturated heterocycles. The maximum atomic E-state index is 12.8. The van der Waals surface area contributed by atoms with Gasteiger partial charge in [0.1, 0.15) is 73.1 Å². The number of rotatable bonds is 19. The minimum absolute atomic E-state index is 0. The van der Waals surface area contributed by atoms with Crippen LogP contribution >= 0.6 is 0 Å². The van der Waals surface area contributed by atoms with Crippen LogP contribution in [0.2, 0.25) is 25.7 Å². The topological polar surface area (TPSA) is 365 Å². The van der Waals surface area contributed by atoms with E-state index in [9.17, 15) is 70.2 Å². The Labute approximate surface area is 385 Å². The molecule has 0 aromatic heterocycles. The van der Waals surface area contributed by atoms with Crippen LogP contribution < -0.4 is 80.0 Å². The molecule has 10 N–H and O–H groups in total. The Morgan fingerprint density at radius 1 is 0.864 bits per heavy atom. The summed E-state index contributed by atoms with van der Waals surface area (Å²) in [5.41, 5.74) is 0. The van der Waals surface area contributed by atoms with Crippen LogP contribution in [-0.4, -0.2) is 203 Å². The second kappa shape index (κ2) is 24.5. The van der Waals surface area contributed by atoms with Crippen molar-refractivity contribution in [1.82, 2.24) is 10.6 Å². The van der Waals surface area contributed by atoms with Crippen molar-refractivity contribution in [3.05, 3.63) is 0 Å². The molecule has 0 unspecified atom stereocenters. The first kappa shape index (κ1) is 56.5. The summed E-state index contributed by atoms with van der Waals surface area (Å²) in [7, 11) is -1.71. The van der Waals surface area contributed by atoms with Crippen LogP contribution in [0.5, 0.6) is 0 Å². The van der Waals surface area contributed by atoms with Crippen LogP contribution in [0.25, 0.3) is 0 Å². The summed E-state index contributed by atoms with van der Waals surface area (Å²) in [5.74, 6) is -8.44. The van der Waals surface area contributed by atoms with Crippen LogP contribution in [0.3, 0.4) is 0 Å². The standard InChI is InChI=1S/C33H58N2O21Si.2Na/c1-13(29(46)47)51-12-19-24(44)26(21(35-15(3)39)30(53-19)50-7-8-57(4,5)6)54-31-25(45)28(23(43)18(11-37)52-31)56-33(32(48)49)9-16(40)20(34-14(2)38)27(55-33)22(42)17(41)10-36;;/h13,16-28,30-31,36-37,40-45H,7-12H2,1-6H3,(H,34,38)(H,35,39)(H,46,47)(H,48,49);;/q;2*+1/p-2/t13-,16-,17+,18+,19+,20+,21+,22-,23-,24-,25+,26+,27+,28-,30+,31-,33-;;/m0../s1. The molecule has 0 aromatic carbocycles. The van der Waals surface area contributed by atoms with Gasteiger partial charge in [-0.3, -0.25) is 9.59 Å². The summed E-state index contributed by atoms with van der Waals surface area (Å²) in [6.45, 7) is 6.93. The van der Waals surface area contributed by atoms with Crippen molar-refractivity contribution in [2.45, 2.75) is 157 Å². The van der Waals surface area contributed by atoms with E-state index in [0.717, 1.165) is 13.8 Å². The molecule has 0 aliphatic carbocycles. The number of hydrogen-bond acceptors (Lipinski definition) is 21. The number of aliphatic carboxylic acids is 2. The van der Waals surface area contributed by atoms with Gasteiger partial charge in [0.2, 0.25) is 17.6 Å². The minimum Gasteiger partial charge on any atom is -0.547 e. The molecule has 3 aliphatic rings. The van der Waals surface area contributed by atoms with Crippen molar-refractivity contribution in [3.8, 4) is 0 Å². The molecule has 0 spiro atoms. The molecule has 0 radical (unpaired) electrons. The maximum Gasteiger partial charge on any atom is 1.00 e. The van der Waals surface area contributed by atoms with Crippen LogP contribution in [0.15, 0.2) is 0 Å². The fourth-order valence-corrected chi connectivity index (χ4v) is 7.19. The number of carboxylic acid groups (broad SMARTS) is 2. The monoisotopic (exact) mass is 890 g/mol. The molecule has 3 aliphatic heterocycles. The summed E-state index contributed by atoms with van der Waals surface area (Å²) in [6.07, 6.45) is -27.4. The van der Waals surface area contributed by atoms with Gasteiger partial charge in [-0.05, 0) is 13.0 Å². The number of aliphatic hydroxyl groups is 8. The van der Waals surface area contributed by atoms with Gasteiger partial charge in [0.05, 0.1) is 44.0 Å². The smallest absolute Gasteiger partial charge is 0.547 e. The molecule has 0 aromatic rings. The Bertz CT molecular complexity index is 1370. The Morgan fingerprint density at radius 2 is 1.42 bits per heavy atom. The molecule has 0 saturated carbocycles. The molecule has 17 atom stereocenters. The first-order valence-corrected chi connectivity index (χ1v) is 22.0. The van der Waals surface area contributed by atoms with E-state index in [4.69, 9.17) is 33.2 Å². The Balaban J connectivity index is 0.00000870. The third-order valence-electron chi connectivity index (χ3n) is 9.63. The molecule has 2 amide bonds. The molecule has 3 rings (SSSR count). The molecule has 59 heavy (non-hydrogen) atoms. The molecular weight excluding hydrogens is 834 g/mol. The number of hydrogen-bond donors (Lipinski definition) is 10. The van der Waals surface area contributed by atoms with Gasteiger partial charge in [-0.2, -0.15) is 0 Å². The van der Waals surface area contributed by atoms with Gasteiger partial charge in [-0.15, -0.1) is 0 Å². The van der Waals surface area contributed by atoms with E-state index in [2.05, 4.69) is 30.3 Å². The second-order valence-electron chi connectivity index (χ2n) is 15.5. The van der Waals surface area contributed by atoms with Gasteiger partial charge in [0, 0.05) is 34.9 Å². The van der Waals surface area contributed by atoms with E-state index in [1.165, 1.54) is 6.92 Å². The van der Waals surface area contributed by atoms with Gasteiger partial charge >= 0.3 is 59.1 Å². The fourth-order valence-electron chi connectivity index (χ4n) is 6.46. The Hall–Kier alpha value is -0.503. The summed E-state index contributed by atoms with van der Waals surface area (Å²) in [5, 5.41) is 115. The zero-order valence-electron chi connectivity index (χ0n) is 34.4. The van der Waals surface area contributed by atoms with E-state index in [1.807, 2.05) is 0 Å². The zero-order chi connectivity index (χ0) is 43.2. The maximum absolute atomic E-state index is 12.8. The van der Waals surface area contributed by atoms with Crippen LogP contribution in [0, 0.1) is 0 Å². The zero-order valence-corrected chi connectivity index (χ0v) is 39.4. The van der Waals surface area contributed by atoms with Crippen LogP contribution in [0.1, 0.15) is 27.2 Å². The number of carbonyl (C=O) groups is 4. The number of carbonyl (C=O) groups excluding carboxylic acids is 4. The summed E-state index contributed by atoms with van der Waals surface area (Å²) < 4.78 is 40.1. The van der Waals surface area contributed by atoms with E-state index < -0.39 is 162 Å². The predicted octanol–water partition coefficient (Wildman–Crippen LogP) is -13.9. The van der Waals surface area contributed by atoms with E-state index in [1.54, 1.807) is 0 Å². The predicted molar refractivity (Wildman–Crippen MR) is 184 cm³/mol. The molecule has 26 heteroatoms. The second-order valence-corrected chi connectivity index (χ2v) is 21.1. The first-order valence-electron chi connectivity index (χ1n) is 18.3. The van der Waals surface area contributed by atoms with E-state index in [-0.39, 0.29) is 65.7 Å². The summed E-state index contributed by atoms with van der Waals surface area (Å²) in [6, 6.07) is -2.38. The molecular formula is C33H56N2Na2O21Si. The minimum atomic E-state index is -3.19. The quantitative estimate of drug-likeness (QED) is 0.0538. The Morgan fingerprint density at radius 3 is 1.93 bits per heavy atom. The average Bonchev–Trinajstić information content (AvgIpc) is 3.11. The fraction of sp³-hybridized carbons (Fsp3) is 0.879. The van der Waals surface area contributed by atoms with Gasteiger partial charge in [-0.1, -0.05) is 19.6 Å². The number of nitrogens with one attached hydrogen (secondary N) is 2. The number of aliphatic hydroxyl groups excluding tert-OH is 8. The van der Waals surface area contributed by atoms with E-state index in [0.29, 0.717) is 6.04 Å². The summed E-state index contributed by atoms with van der Waals surface area (Å²) in [4.78, 5) is 48.5. The van der Waals surface area contributed by atoms with Crippen molar-refractivity contribution in [3.63, 3.8) is 0 Å². The van der Waals surface area contributed by atoms with Crippen molar-refractivity contribution in [1.29, 1.82) is 0 Å². The van der Waals surface area contributed by atoms with E-state index >= 15 is 0 Å². The normalized spacial score (nSPS) is 36.5. The van der Waals surface area contributed by atoms with Crippen LogP contribution in [0.4, 0.5) is 0 Å². The summed E-state index contributed by atoms with van der Waals surface area (Å²) >= 11 is 0. The molecule has 3 fully saturated rings. The number of amides is 2. The van der Waals surface area contributed by atoms with Crippen molar-refractivity contribution in [2.24, 2.45) is 0 Å². The van der Waals surface area contributed by atoms with Crippen LogP contribution in [-0.2, 0) is 52.3 Å². The van der Waals surface area contributed by atoms with Gasteiger partial charge in [0.15, 0.2) is 12.6 Å². The molecule has 23 nitrogen and oxygen atoms in total. The SMILES string of the molecule is CC(=O)N[C@H]1[C@H](OCC[Si](C)(C)C)O[C@H](CO[C@@H](C)C(=O)[O-])[C@H](O)[C@@H]1O[C@@H]1O[C@H](CO)[C@H](O)[C@H](O[C@]2(C(=O)[O-])C[C@H](O)[C@@H](NC(C)=O)[C@H]([C@@H](O)[C@H](O)CO)O2)[C@H]1O.[Na+].[Na+]. The average molecular weight is 891 g/mol. The molecule has 330 valence electrons. The molecule has 3 heterocycles. The first-order chi connectivity index (χ1) is 26.5. The Kier molecular flexibility index (Phi) is 23.5. The number of ether oxygens (including phenoxy) is 7. The van der Waals surface area contributed by atoms with Crippen molar-refractivity contribution in [2.75, 3.05) is 26.4 Å². The largest absolute Gasteiger partial charge is 1.00 e. The third kappa shape index (κ3) is 15.0. The van der Waals surface area contributed by atoms with Crippen molar-refractivity contribution >= 4 is 31.8 Å². The van der Waals surface area contributed by atoms with Gasteiger partial charge < -0.3 is 104 Å². The van der Waals surface area contributed by atoms with Gasteiger partial charge in [-0.25, -0.2) is 0 Å². The van der Waals surface area contributed by atoms with Crippen molar-refractivity contribution < 1.29 is 163 Å².